The second kappa shape index (κ2) is 7.56. The minimum Gasteiger partial charge on any atom is -0.430 e. The van der Waals surface area contributed by atoms with E-state index in [1.54, 1.807) is 13.0 Å². The minimum absolute atomic E-state index is 0.339. The zero-order valence-corrected chi connectivity index (χ0v) is 13.6. The van der Waals surface area contributed by atoms with Crippen LogP contribution in [0.25, 0.3) is 0 Å². The van der Waals surface area contributed by atoms with Crippen LogP contribution in [0.2, 0.25) is 0 Å². The molecule has 6 nitrogen and oxygen atoms in total. The van der Waals surface area contributed by atoms with Crippen molar-refractivity contribution in [3.63, 3.8) is 0 Å². The van der Waals surface area contributed by atoms with Gasteiger partial charge < -0.3 is 9.47 Å². The molecule has 0 fully saturated rings. The summed E-state index contributed by atoms with van der Waals surface area (Å²) in [5, 5.41) is 0. The lowest BCUT2D eigenvalue weighted by Crippen LogP contribution is -2.45. The molecular weight excluding hydrogens is 319 g/mol. The van der Waals surface area contributed by atoms with E-state index >= 15 is 0 Å². The lowest BCUT2D eigenvalue weighted by Gasteiger charge is -2.30. The summed E-state index contributed by atoms with van der Waals surface area (Å²) in [6, 6.07) is 0. The van der Waals surface area contributed by atoms with Gasteiger partial charge in [0.05, 0.1) is 0 Å². The molecule has 1 rings (SSSR count). The van der Waals surface area contributed by atoms with E-state index in [2.05, 4.69) is 6.58 Å². The Labute approximate surface area is 133 Å². The molecule has 0 saturated carbocycles. The van der Waals surface area contributed by atoms with Gasteiger partial charge in [-0.05, 0) is 20.8 Å². The van der Waals surface area contributed by atoms with Gasteiger partial charge in [-0.2, -0.15) is 0 Å². The lowest BCUT2D eigenvalue weighted by molar-refractivity contribution is 0.0606. The van der Waals surface area contributed by atoms with Gasteiger partial charge in [0.25, 0.3) is 0 Å². The molecule has 21 heavy (non-hydrogen) atoms. The molecule has 0 aromatic rings. The maximum Gasteiger partial charge on any atom is 0.417 e. The van der Waals surface area contributed by atoms with E-state index in [0.717, 1.165) is 0 Å². The largest absolute Gasteiger partial charge is 0.430 e. The standard InChI is InChI=1S/C13H18Cl2N2O4/c1-5-6-11-16(12(18)20-9(3)14)7-8(2)17(11)13(19)21-10(4)15/h5,7,9-11H,1,6H2,2-4H3. The van der Waals surface area contributed by atoms with E-state index in [1.165, 1.54) is 29.8 Å². The Morgan fingerprint density at radius 3 is 2.33 bits per heavy atom. The number of carbonyl (C=O) groups is 2. The molecule has 0 aliphatic carbocycles. The van der Waals surface area contributed by atoms with E-state index in [-0.39, 0.29) is 0 Å². The smallest absolute Gasteiger partial charge is 0.417 e. The van der Waals surface area contributed by atoms with Crippen LogP contribution in [0.15, 0.2) is 24.6 Å². The monoisotopic (exact) mass is 336 g/mol. The Balaban J connectivity index is 2.95. The molecule has 1 heterocycles. The van der Waals surface area contributed by atoms with Gasteiger partial charge in [0.2, 0.25) is 0 Å². The third kappa shape index (κ3) is 4.54. The van der Waals surface area contributed by atoms with Crippen LogP contribution in [0.5, 0.6) is 0 Å². The molecule has 0 saturated heterocycles. The van der Waals surface area contributed by atoms with Crippen LogP contribution < -0.4 is 0 Å². The van der Waals surface area contributed by atoms with Crippen LogP contribution in [0.4, 0.5) is 9.59 Å². The van der Waals surface area contributed by atoms with E-state index in [1.807, 2.05) is 0 Å². The van der Waals surface area contributed by atoms with Crippen molar-refractivity contribution >= 4 is 35.4 Å². The Morgan fingerprint density at radius 2 is 1.86 bits per heavy atom. The van der Waals surface area contributed by atoms with Gasteiger partial charge in [-0.3, -0.25) is 9.80 Å². The Kier molecular flexibility index (Phi) is 6.36. The van der Waals surface area contributed by atoms with Crippen molar-refractivity contribution in [1.82, 2.24) is 9.80 Å². The molecule has 3 unspecified atom stereocenters. The second-order valence-corrected chi connectivity index (χ2v) is 5.64. The fourth-order valence-electron chi connectivity index (χ4n) is 1.91. The summed E-state index contributed by atoms with van der Waals surface area (Å²) in [4.78, 5) is 26.7. The van der Waals surface area contributed by atoms with Crippen LogP contribution in [-0.2, 0) is 9.47 Å². The lowest BCUT2D eigenvalue weighted by atomic mass is 10.3. The van der Waals surface area contributed by atoms with Crippen LogP contribution in [0, 0.1) is 0 Å². The molecule has 0 aromatic heterocycles. The summed E-state index contributed by atoms with van der Waals surface area (Å²) < 4.78 is 9.90. The quantitative estimate of drug-likeness (QED) is 0.578. The van der Waals surface area contributed by atoms with Crippen molar-refractivity contribution < 1.29 is 19.1 Å². The second-order valence-electron chi connectivity index (χ2n) is 4.41. The highest BCUT2D eigenvalue weighted by Gasteiger charge is 2.39. The summed E-state index contributed by atoms with van der Waals surface area (Å²) in [5.41, 5.74) is -1.03. The summed E-state index contributed by atoms with van der Waals surface area (Å²) in [7, 11) is 0. The zero-order chi connectivity index (χ0) is 16.2. The average molecular weight is 337 g/mol. The van der Waals surface area contributed by atoms with Gasteiger partial charge in [0.15, 0.2) is 11.1 Å². The van der Waals surface area contributed by atoms with Crippen molar-refractivity contribution in [2.45, 2.75) is 44.5 Å². The Hall–Kier alpha value is -1.40. The molecule has 0 aromatic carbocycles. The Bertz CT molecular complexity index is 451. The maximum atomic E-state index is 12.1. The zero-order valence-electron chi connectivity index (χ0n) is 12.1. The predicted molar refractivity (Wildman–Crippen MR) is 79.6 cm³/mol. The molecule has 8 heteroatoms. The van der Waals surface area contributed by atoms with Crippen molar-refractivity contribution in [1.29, 1.82) is 0 Å². The molecule has 0 bridgehead atoms. The number of hydrogen-bond donors (Lipinski definition) is 0. The molecular formula is C13H18Cl2N2O4. The maximum absolute atomic E-state index is 12.1. The number of amides is 2. The van der Waals surface area contributed by atoms with Crippen LogP contribution >= 0.6 is 23.2 Å². The van der Waals surface area contributed by atoms with Gasteiger partial charge in [0.1, 0.15) is 6.17 Å². The normalized spacial score (nSPS) is 20.6. The van der Waals surface area contributed by atoms with Crippen LogP contribution in [0.1, 0.15) is 27.2 Å². The van der Waals surface area contributed by atoms with Gasteiger partial charge in [0, 0.05) is 18.3 Å². The molecule has 1 aliphatic rings. The summed E-state index contributed by atoms with van der Waals surface area (Å²) in [6.07, 6.45) is 1.51. The number of allylic oxidation sites excluding steroid dienone is 1. The number of alkyl halides is 2. The highest BCUT2D eigenvalue weighted by molar-refractivity contribution is 6.20. The number of hydrogen-bond acceptors (Lipinski definition) is 4. The fraction of sp³-hybridized carbons (Fsp3) is 0.538. The number of carbonyl (C=O) groups excluding carboxylic acids is 2. The molecule has 0 N–H and O–H groups in total. The van der Waals surface area contributed by atoms with E-state index in [4.69, 9.17) is 32.7 Å². The third-order valence-electron chi connectivity index (χ3n) is 2.64. The molecule has 3 atom stereocenters. The van der Waals surface area contributed by atoms with E-state index in [0.29, 0.717) is 12.1 Å². The van der Waals surface area contributed by atoms with E-state index in [9.17, 15) is 9.59 Å². The van der Waals surface area contributed by atoms with Crippen molar-refractivity contribution in [2.75, 3.05) is 0 Å². The van der Waals surface area contributed by atoms with Gasteiger partial charge in [-0.25, -0.2) is 9.59 Å². The SMILES string of the molecule is C=CCC1N(C(=O)OC(C)Cl)C=C(C)N1C(=O)OC(C)Cl. The highest BCUT2D eigenvalue weighted by Crippen LogP contribution is 2.27. The van der Waals surface area contributed by atoms with Crippen molar-refractivity contribution in [3.8, 4) is 0 Å². The summed E-state index contributed by atoms with van der Waals surface area (Å²) in [6.45, 7) is 8.35. The molecule has 2 amide bonds. The third-order valence-corrected chi connectivity index (χ3v) is 2.81. The number of halogens is 2. The first-order valence-electron chi connectivity index (χ1n) is 6.34. The number of rotatable bonds is 4. The minimum atomic E-state index is -0.779. The van der Waals surface area contributed by atoms with Gasteiger partial charge >= 0.3 is 12.2 Å². The van der Waals surface area contributed by atoms with Crippen molar-refractivity contribution in [3.05, 3.63) is 24.6 Å². The van der Waals surface area contributed by atoms with Gasteiger partial charge in [-0.15, -0.1) is 6.58 Å². The average Bonchev–Trinajstić information content (AvgIpc) is 2.65. The topological polar surface area (TPSA) is 59.1 Å². The molecule has 0 radical (unpaired) electrons. The summed E-state index contributed by atoms with van der Waals surface area (Å²) in [5.74, 6) is 0. The first-order valence-corrected chi connectivity index (χ1v) is 7.21. The fourth-order valence-corrected chi connectivity index (χ4v) is 2.06. The van der Waals surface area contributed by atoms with Crippen LogP contribution in [-0.4, -0.2) is 39.3 Å². The first kappa shape index (κ1) is 17.7. The predicted octanol–water partition coefficient (Wildman–Crippen LogP) is 3.81. The van der Waals surface area contributed by atoms with Crippen molar-refractivity contribution in [2.24, 2.45) is 0 Å². The number of ether oxygens (including phenoxy) is 2. The Morgan fingerprint density at radius 1 is 1.33 bits per heavy atom. The molecule has 1 aliphatic heterocycles. The van der Waals surface area contributed by atoms with E-state index < -0.39 is 29.5 Å². The van der Waals surface area contributed by atoms with Gasteiger partial charge in [-0.1, -0.05) is 29.3 Å². The molecule has 0 spiro atoms. The number of nitrogens with zero attached hydrogens (tertiary/aromatic N) is 2. The highest BCUT2D eigenvalue weighted by atomic mass is 35.5. The summed E-state index contributed by atoms with van der Waals surface area (Å²) >= 11 is 11.3. The van der Waals surface area contributed by atoms with Crippen LogP contribution in [0.3, 0.4) is 0 Å². The first-order chi connectivity index (χ1) is 9.77. The molecule has 118 valence electrons.